The van der Waals surface area contributed by atoms with Crippen LogP contribution in [0, 0.1) is 11.8 Å². The number of carbonyl (C=O) groups is 13. The minimum absolute atomic E-state index is 0.0216. The first-order valence-electron chi connectivity index (χ1n) is 24.7. The molecule has 1 unspecified atom stereocenters. The molecule has 2 aliphatic heterocycles. The number of benzene rings is 1. The van der Waals surface area contributed by atoms with Crippen molar-refractivity contribution < 1.29 is 85.7 Å². The van der Waals surface area contributed by atoms with Crippen molar-refractivity contribution in [2.45, 2.75) is 140 Å². The zero-order valence-corrected chi connectivity index (χ0v) is 45.5. The Morgan fingerprint density at radius 3 is 1.90 bits per heavy atom. The third-order valence-corrected chi connectivity index (χ3v) is 14.3. The zero-order chi connectivity index (χ0) is 59.9. The van der Waals surface area contributed by atoms with E-state index >= 15 is 0 Å². The van der Waals surface area contributed by atoms with Crippen LogP contribution in [0.1, 0.15) is 85.1 Å². The lowest BCUT2D eigenvalue weighted by Crippen LogP contribution is -2.62. The van der Waals surface area contributed by atoms with Crippen molar-refractivity contribution in [2.24, 2.45) is 29.0 Å². The van der Waals surface area contributed by atoms with Crippen LogP contribution in [0.2, 0.25) is 0 Å². The average molecular weight is 1160 g/mol. The number of carbonyl (C=O) groups excluding carboxylic acids is 12. The fourth-order valence-corrected chi connectivity index (χ4v) is 10.0. The van der Waals surface area contributed by atoms with Crippen molar-refractivity contribution in [3.63, 3.8) is 0 Å². The topological polar surface area (TPSA) is 440 Å². The number of carboxylic acid groups (broad SMARTS) is 1. The minimum atomic E-state index is -5.08. The molecule has 12 amide bonds. The van der Waals surface area contributed by atoms with Crippen LogP contribution in [0.4, 0.5) is 13.2 Å². The van der Waals surface area contributed by atoms with Gasteiger partial charge in [-0.25, -0.2) is 4.79 Å². The molecule has 0 radical (unpaired) electrons. The first kappa shape index (κ1) is 67.7. The van der Waals surface area contributed by atoms with Crippen LogP contribution in [-0.4, -0.2) is 171 Å². The van der Waals surface area contributed by atoms with E-state index in [1.165, 1.54) is 36.1 Å². The van der Waals surface area contributed by atoms with Gasteiger partial charge in [0, 0.05) is 37.8 Å². The molecule has 0 bridgehead atoms. The Morgan fingerprint density at radius 1 is 0.785 bits per heavy atom. The van der Waals surface area contributed by atoms with E-state index in [0.717, 1.165) is 21.6 Å². The SMILES string of the molecule is CCC(C)[C@@H]1NC(=O)[C@H](Cc2ccc(O)cc2)NC(=O)[C@H](NC(C)=O)CSSC[C@H](C(=O)N2CCC[C@H]2C(=O)N[C@@H](CC(C)C)C(=O)NCC(N)=O)NC(=O)[C@H](CC(N)=O)NC(=O)[C@H](CCC(N)=O)NC1=O.O=C(O)C(F)(F)F. The molecule has 27 nitrogen and oxygen atoms in total. The number of hydrogen-bond donors (Lipinski definition) is 13. The quantitative estimate of drug-likeness (QED) is 0.0661. The highest BCUT2D eigenvalue weighted by Crippen LogP contribution is 2.26. The summed E-state index contributed by atoms with van der Waals surface area (Å²) in [4.78, 5) is 171. The van der Waals surface area contributed by atoms with Gasteiger partial charge >= 0.3 is 12.1 Å². The number of carboxylic acids is 1. The molecule has 16 N–H and O–H groups in total. The molecule has 0 aromatic heterocycles. The Morgan fingerprint density at radius 2 is 1.35 bits per heavy atom. The van der Waals surface area contributed by atoms with Gasteiger partial charge in [-0.15, -0.1) is 0 Å². The number of rotatable bonds is 18. The van der Waals surface area contributed by atoms with Crippen molar-refractivity contribution in [2.75, 3.05) is 24.6 Å². The Labute approximate surface area is 459 Å². The van der Waals surface area contributed by atoms with Crippen molar-refractivity contribution in [3.8, 4) is 5.75 Å². The van der Waals surface area contributed by atoms with Gasteiger partial charge in [-0.05, 0) is 55.2 Å². The first-order chi connectivity index (χ1) is 36.8. The summed E-state index contributed by atoms with van der Waals surface area (Å²) in [5, 5.41) is 37.4. The van der Waals surface area contributed by atoms with E-state index in [-0.39, 0.29) is 49.0 Å². The lowest BCUT2D eigenvalue weighted by Gasteiger charge is -2.31. The van der Waals surface area contributed by atoms with E-state index in [1.54, 1.807) is 27.7 Å². The molecule has 1 aromatic carbocycles. The summed E-state index contributed by atoms with van der Waals surface area (Å²) in [5.74, 6) is -14.3. The van der Waals surface area contributed by atoms with Crippen molar-refractivity contribution in [3.05, 3.63) is 29.8 Å². The maximum absolute atomic E-state index is 14.6. The van der Waals surface area contributed by atoms with Gasteiger partial charge in [0.2, 0.25) is 70.9 Å². The molecule has 32 heteroatoms. The van der Waals surface area contributed by atoms with Crippen molar-refractivity contribution in [1.29, 1.82) is 0 Å². The van der Waals surface area contributed by atoms with Crippen LogP contribution in [0.5, 0.6) is 5.75 Å². The van der Waals surface area contributed by atoms with Gasteiger partial charge in [-0.3, -0.25) is 57.5 Å². The predicted molar refractivity (Wildman–Crippen MR) is 278 cm³/mol. The number of halogens is 3. The Hall–Kier alpha value is -7.38. The minimum Gasteiger partial charge on any atom is -0.508 e. The molecule has 2 fully saturated rings. The lowest BCUT2D eigenvalue weighted by molar-refractivity contribution is -0.192. The normalized spacial score (nSPS) is 22.6. The number of phenolic OH excluding ortho intramolecular Hbond substituents is 1. The highest BCUT2D eigenvalue weighted by atomic mass is 33.1. The Kier molecular flexibility index (Phi) is 27.9. The number of nitrogens with two attached hydrogens (primary N) is 3. The number of alkyl halides is 3. The van der Waals surface area contributed by atoms with Crippen molar-refractivity contribution in [1.82, 2.24) is 47.4 Å². The average Bonchev–Trinajstić information content (AvgIpc) is 3.85. The van der Waals surface area contributed by atoms with Crippen LogP contribution >= 0.6 is 21.6 Å². The smallest absolute Gasteiger partial charge is 0.490 e. The second-order valence-corrected chi connectivity index (χ2v) is 21.4. The summed E-state index contributed by atoms with van der Waals surface area (Å²) in [6.45, 7) is 7.68. The van der Waals surface area contributed by atoms with Crippen LogP contribution in [-0.2, 0) is 68.7 Å². The van der Waals surface area contributed by atoms with Gasteiger partial charge in [0.25, 0.3) is 0 Å². The molecular formula is C47H69F3N12O15S2. The van der Waals surface area contributed by atoms with Crippen LogP contribution in [0.25, 0.3) is 0 Å². The van der Waals surface area contributed by atoms with E-state index in [0.29, 0.717) is 18.4 Å². The molecule has 440 valence electrons. The summed E-state index contributed by atoms with van der Waals surface area (Å²) in [6, 6.07) is -5.48. The number of primary amides is 3. The third-order valence-electron chi connectivity index (χ3n) is 11.9. The number of aromatic hydroxyl groups is 1. The number of phenols is 1. The second-order valence-electron chi connectivity index (χ2n) is 18.9. The molecule has 3 rings (SSSR count). The van der Waals surface area contributed by atoms with Gasteiger partial charge in [0.1, 0.15) is 54.1 Å². The molecule has 0 spiro atoms. The van der Waals surface area contributed by atoms with E-state index in [9.17, 15) is 75.8 Å². The number of nitrogens with zero attached hydrogens (tertiary/aromatic N) is 1. The van der Waals surface area contributed by atoms with E-state index in [2.05, 4.69) is 42.5 Å². The molecule has 0 aliphatic carbocycles. The summed E-state index contributed by atoms with van der Waals surface area (Å²) < 4.78 is 31.7. The van der Waals surface area contributed by atoms with E-state index in [4.69, 9.17) is 27.1 Å². The van der Waals surface area contributed by atoms with Gasteiger partial charge in [-0.1, -0.05) is 67.8 Å². The standard InChI is InChI=1S/C45H68N12O13S2.C2HF3O2/c1-6-23(4)37-44(69)51-27(13-14-34(46)60)39(64)53-30(18-35(47)61)40(65)55-32(45(70)57-15-7-8-33(57)43(68)54-28(16-22(2)3)38(63)49-19-36(48)62)21-72-71-20-31(50-24(5)58)42(67)52-29(41(66)56-37)17-25-9-11-26(59)12-10-25;3-2(4,5)1(6)7/h9-12,22-23,27-33,37,59H,6-8,13-21H2,1-5H3,(H2,46,60)(H2,47,61)(H2,48,62)(H,49,63)(H,50,58)(H,51,69)(H,52,67)(H,53,64)(H,54,68)(H,55,65)(H,56,66);(H,6,7)/t23?,27-,28-,29-,30-,31+,32+,33-,37-;/m0./s1. The summed E-state index contributed by atoms with van der Waals surface area (Å²) >= 11 is 0. The van der Waals surface area contributed by atoms with Crippen LogP contribution in [0.15, 0.2) is 24.3 Å². The Bertz CT molecular complexity index is 2390. The number of aliphatic carboxylic acids is 1. The van der Waals surface area contributed by atoms with Gasteiger partial charge in [-0.2, -0.15) is 13.2 Å². The number of nitrogens with one attached hydrogen (secondary N) is 8. The number of amides is 12. The maximum Gasteiger partial charge on any atom is 0.490 e. The monoisotopic (exact) mass is 1160 g/mol. The molecule has 2 saturated heterocycles. The molecule has 79 heavy (non-hydrogen) atoms. The number of hydrogen-bond acceptors (Lipinski definition) is 16. The molecular weight excluding hydrogens is 1090 g/mol. The summed E-state index contributed by atoms with van der Waals surface area (Å²) in [5.41, 5.74) is 16.6. The molecule has 9 atom stereocenters. The maximum atomic E-state index is 14.6. The van der Waals surface area contributed by atoms with Crippen molar-refractivity contribution >= 4 is 98.4 Å². The molecule has 2 heterocycles. The first-order valence-corrected chi connectivity index (χ1v) is 27.2. The fourth-order valence-electron chi connectivity index (χ4n) is 7.68. The predicted octanol–water partition coefficient (Wildman–Crippen LogP) is -2.80. The van der Waals surface area contributed by atoms with E-state index in [1.807, 2.05) is 0 Å². The van der Waals surface area contributed by atoms with Gasteiger partial charge < -0.3 is 74.8 Å². The second kappa shape index (κ2) is 32.5. The lowest BCUT2D eigenvalue weighted by atomic mass is 9.96. The zero-order valence-electron chi connectivity index (χ0n) is 43.9. The summed E-state index contributed by atoms with van der Waals surface area (Å²) in [7, 11) is 1.95. The van der Waals surface area contributed by atoms with Crippen LogP contribution in [0.3, 0.4) is 0 Å². The fraction of sp³-hybridized carbons (Fsp3) is 0.596. The molecule has 1 aromatic rings. The summed E-state index contributed by atoms with van der Waals surface area (Å²) in [6.07, 6.45) is -5.99. The highest BCUT2D eigenvalue weighted by molar-refractivity contribution is 8.76. The largest absolute Gasteiger partial charge is 0.508 e. The Balaban J connectivity index is 0.00000284. The third kappa shape index (κ3) is 24.0. The number of likely N-dealkylation sites (tertiary alicyclic amines) is 1. The van der Waals surface area contributed by atoms with Crippen LogP contribution < -0.4 is 59.7 Å². The van der Waals surface area contributed by atoms with Gasteiger partial charge in [0.15, 0.2) is 0 Å². The van der Waals surface area contributed by atoms with Gasteiger partial charge in [0.05, 0.1) is 13.0 Å². The highest BCUT2D eigenvalue weighted by Gasteiger charge is 2.41. The van der Waals surface area contributed by atoms with E-state index < -0.39 is 163 Å². The molecule has 0 saturated carbocycles. The molecule has 2 aliphatic rings.